The molecular formula is C26H24ClN5O3. The quantitative estimate of drug-likeness (QED) is 0.384. The fourth-order valence-electron chi connectivity index (χ4n) is 4.17. The van der Waals surface area contributed by atoms with E-state index in [1.54, 1.807) is 29.1 Å². The number of benzene rings is 2. The van der Waals surface area contributed by atoms with E-state index < -0.39 is 18.5 Å². The molecule has 2 aromatic heterocycles. The van der Waals surface area contributed by atoms with E-state index in [9.17, 15) is 9.59 Å². The molecule has 178 valence electrons. The van der Waals surface area contributed by atoms with Gasteiger partial charge in [0.05, 0.1) is 18.3 Å². The Hall–Kier alpha value is -3.91. The second kappa shape index (κ2) is 10.1. The van der Waals surface area contributed by atoms with Crippen LogP contribution in [0.3, 0.4) is 0 Å². The van der Waals surface area contributed by atoms with E-state index in [0.717, 1.165) is 42.4 Å². The Bertz CT molecular complexity index is 1380. The molecule has 1 saturated heterocycles. The lowest BCUT2D eigenvalue weighted by atomic mass is 10.1. The van der Waals surface area contributed by atoms with Crippen molar-refractivity contribution in [1.29, 1.82) is 0 Å². The number of carbonyl (C=O) groups excluding carboxylic acids is 2. The van der Waals surface area contributed by atoms with Crippen molar-refractivity contribution in [2.75, 3.05) is 29.9 Å². The molecule has 1 aliphatic rings. The average Bonchev–Trinajstić information content (AvgIpc) is 3.56. The number of halogens is 1. The van der Waals surface area contributed by atoms with E-state index in [2.05, 4.69) is 15.3 Å². The molecule has 5 rings (SSSR count). The molecule has 1 fully saturated rings. The number of carbonyl (C=O) groups is 2. The number of hydrogen-bond donors (Lipinski definition) is 1. The highest BCUT2D eigenvalue weighted by molar-refractivity contribution is 6.31. The maximum Gasteiger partial charge on any atom is 0.342 e. The highest BCUT2D eigenvalue weighted by atomic mass is 35.5. The second-order valence-corrected chi connectivity index (χ2v) is 8.74. The van der Waals surface area contributed by atoms with Crippen molar-refractivity contribution >= 4 is 46.0 Å². The van der Waals surface area contributed by atoms with Crippen LogP contribution in [0.4, 0.5) is 11.6 Å². The number of aromatic nitrogens is 3. The second-order valence-electron chi connectivity index (χ2n) is 8.34. The summed E-state index contributed by atoms with van der Waals surface area (Å²) in [6.45, 7) is 1.63. The molecule has 1 amide bonds. The summed E-state index contributed by atoms with van der Waals surface area (Å²) < 4.78 is 7.02. The minimum Gasteiger partial charge on any atom is -0.452 e. The molecule has 0 atom stereocenters. The first-order valence-corrected chi connectivity index (χ1v) is 11.8. The van der Waals surface area contributed by atoms with Gasteiger partial charge in [-0.25, -0.2) is 14.5 Å². The van der Waals surface area contributed by atoms with Crippen LogP contribution in [0.1, 0.15) is 28.8 Å². The summed E-state index contributed by atoms with van der Waals surface area (Å²) in [5.74, 6) is 0.0427. The predicted octanol–water partition coefficient (Wildman–Crippen LogP) is 4.53. The van der Waals surface area contributed by atoms with Gasteiger partial charge in [-0.15, -0.1) is 0 Å². The Labute approximate surface area is 207 Å². The number of hydrogen-bond acceptors (Lipinski definition) is 6. The molecule has 2 aromatic carbocycles. The van der Waals surface area contributed by atoms with E-state index in [-0.39, 0.29) is 0 Å². The number of para-hydroxylation sites is 1. The molecular weight excluding hydrogens is 466 g/mol. The van der Waals surface area contributed by atoms with E-state index >= 15 is 0 Å². The zero-order valence-corrected chi connectivity index (χ0v) is 19.7. The van der Waals surface area contributed by atoms with Gasteiger partial charge < -0.3 is 15.0 Å². The highest BCUT2D eigenvalue weighted by Gasteiger charge is 2.23. The van der Waals surface area contributed by atoms with Gasteiger partial charge in [0, 0.05) is 29.6 Å². The van der Waals surface area contributed by atoms with Crippen molar-refractivity contribution in [3.63, 3.8) is 0 Å². The number of esters is 1. The standard InChI is InChI=1S/C26H24ClN5O3/c27-21-9-3-1-8-19(21)16-32-23(11-12-28-32)30-24(33)17-35-26(34)20-15-18-7-2-4-10-22(18)29-25(20)31-13-5-6-14-31/h1-4,7-12,15H,5-6,13-14,16-17H2,(H,30,33). The molecule has 9 heteroatoms. The number of nitrogens with one attached hydrogen (secondary N) is 1. The van der Waals surface area contributed by atoms with Crippen LogP contribution >= 0.6 is 11.6 Å². The smallest absolute Gasteiger partial charge is 0.342 e. The van der Waals surface area contributed by atoms with Crippen LogP contribution in [-0.2, 0) is 16.1 Å². The summed E-state index contributed by atoms with van der Waals surface area (Å²) in [5.41, 5.74) is 2.05. The fraction of sp³-hybridized carbons (Fsp3) is 0.231. The first kappa shape index (κ1) is 22.9. The molecule has 0 bridgehead atoms. The van der Waals surface area contributed by atoms with Crippen LogP contribution in [0.5, 0.6) is 0 Å². The van der Waals surface area contributed by atoms with Gasteiger partial charge in [-0.05, 0) is 36.6 Å². The first-order chi connectivity index (χ1) is 17.1. The van der Waals surface area contributed by atoms with Crippen LogP contribution in [0.25, 0.3) is 10.9 Å². The summed E-state index contributed by atoms with van der Waals surface area (Å²) >= 11 is 6.24. The lowest BCUT2D eigenvalue weighted by Crippen LogP contribution is -2.25. The highest BCUT2D eigenvalue weighted by Crippen LogP contribution is 2.27. The van der Waals surface area contributed by atoms with E-state index in [4.69, 9.17) is 21.3 Å². The fourth-order valence-corrected chi connectivity index (χ4v) is 4.36. The molecule has 1 aliphatic heterocycles. The molecule has 0 unspecified atom stereocenters. The van der Waals surface area contributed by atoms with Gasteiger partial charge >= 0.3 is 5.97 Å². The number of nitrogens with zero attached hydrogens (tertiary/aromatic N) is 4. The SMILES string of the molecule is O=C(COC(=O)c1cc2ccccc2nc1N1CCCC1)Nc1ccnn1Cc1ccccc1Cl. The zero-order valence-electron chi connectivity index (χ0n) is 19.0. The van der Waals surface area contributed by atoms with E-state index in [1.807, 2.05) is 42.5 Å². The Balaban J connectivity index is 1.27. The molecule has 0 spiro atoms. The average molecular weight is 490 g/mol. The molecule has 1 N–H and O–H groups in total. The normalized spacial score (nSPS) is 13.2. The van der Waals surface area contributed by atoms with E-state index in [1.165, 1.54) is 0 Å². The third kappa shape index (κ3) is 5.12. The molecule has 0 saturated carbocycles. The minimum atomic E-state index is -0.579. The van der Waals surface area contributed by atoms with Crippen LogP contribution in [-0.4, -0.2) is 46.3 Å². The lowest BCUT2D eigenvalue weighted by molar-refractivity contribution is -0.119. The van der Waals surface area contributed by atoms with E-state index in [0.29, 0.717) is 28.8 Å². The Morgan fingerprint density at radius 3 is 2.63 bits per heavy atom. The lowest BCUT2D eigenvalue weighted by Gasteiger charge is -2.20. The molecule has 4 aromatic rings. The van der Waals surface area contributed by atoms with Crippen LogP contribution in [0.2, 0.25) is 5.02 Å². The molecule has 0 aliphatic carbocycles. The minimum absolute atomic E-state index is 0.363. The number of fused-ring (bicyclic) bond motifs is 1. The van der Waals surface area contributed by atoms with Crippen LogP contribution in [0.15, 0.2) is 66.9 Å². The number of rotatable bonds is 7. The van der Waals surface area contributed by atoms with Crippen molar-refractivity contribution in [3.05, 3.63) is 83.0 Å². The number of pyridine rings is 1. The third-order valence-corrected chi connectivity index (χ3v) is 6.29. The number of amides is 1. The largest absolute Gasteiger partial charge is 0.452 e. The van der Waals surface area contributed by atoms with Crippen LogP contribution < -0.4 is 10.2 Å². The van der Waals surface area contributed by atoms with Gasteiger partial charge in [-0.3, -0.25) is 4.79 Å². The maximum atomic E-state index is 13.0. The summed E-state index contributed by atoms with van der Waals surface area (Å²) in [7, 11) is 0. The number of ether oxygens (including phenoxy) is 1. The monoisotopic (exact) mass is 489 g/mol. The van der Waals surface area contributed by atoms with Crippen molar-refractivity contribution < 1.29 is 14.3 Å². The van der Waals surface area contributed by atoms with Gasteiger partial charge in [-0.2, -0.15) is 5.10 Å². The molecule has 8 nitrogen and oxygen atoms in total. The van der Waals surface area contributed by atoms with Crippen molar-refractivity contribution in [1.82, 2.24) is 14.8 Å². The van der Waals surface area contributed by atoms with Crippen molar-refractivity contribution in [2.45, 2.75) is 19.4 Å². The maximum absolute atomic E-state index is 13.0. The first-order valence-electron chi connectivity index (χ1n) is 11.5. The summed E-state index contributed by atoms with van der Waals surface area (Å²) in [4.78, 5) is 32.4. The topological polar surface area (TPSA) is 89.3 Å². The van der Waals surface area contributed by atoms with Crippen molar-refractivity contribution in [3.8, 4) is 0 Å². The van der Waals surface area contributed by atoms with Gasteiger partial charge in [0.2, 0.25) is 0 Å². The Kier molecular flexibility index (Phi) is 6.63. The van der Waals surface area contributed by atoms with Gasteiger partial charge in [0.1, 0.15) is 17.2 Å². The van der Waals surface area contributed by atoms with Gasteiger partial charge in [-0.1, -0.05) is 48.0 Å². The summed E-state index contributed by atoms with van der Waals surface area (Å²) in [5, 5.41) is 8.47. The molecule has 3 heterocycles. The van der Waals surface area contributed by atoms with Gasteiger partial charge in [0.15, 0.2) is 6.61 Å². The Morgan fingerprint density at radius 1 is 1.03 bits per heavy atom. The summed E-state index contributed by atoms with van der Waals surface area (Å²) in [6, 6.07) is 18.5. The van der Waals surface area contributed by atoms with Crippen LogP contribution in [0, 0.1) is 0 Å². The molecule has 35 heavy (non-hydrogen) atoms. The summed E-state index contributed by atoms with van der Waals surface area (Å²) in [6.07, 6.45) is 3.68. The Morgan fingerprint density at radius 2 is 1.80 bits per heavy atom. The van der Waals surface area contributed by atoms with Crippen molar-refractivity contribution in [2.24, 2.45) is 0 Å². The third-order valence-electron chi connectivity index (χ3n) is 5.93. The number of anilines is 2. The van der Waals surface area contributed by atoms with Gasteiger partial charge in [0.25, 0.3) is 5.91 Å². The zero-order chi connectivity index (χ0) is 24.2. The predicted molar refractivity (Wildman–Crippen MR) is 135 cm³/mol. The molecule has 0 radical (unpaired) electrons.